The molecule has 0 aromatic heterocycles. The second-order valence-electron chi connectivity index (χ2n) is 4.81. The average Bonchev–Trinajstić information content (AvgIpc) is 2.88. The van der Waals surface area contributed by atoms with E-state index in [-0.39, 0.29) is 0 Å². The highest BCUT2D eigenvalue weighted by Crippen LogP contribution is 2.22. The Bertz CT molecular complexity index is 180. The van der Waals surface area contributed by atoms with Gasteiger partial charge in [-0.2, -0.15) is 11.8 Å². The van der Waals surface area contributed by atoms with Gasteiger partial charge in [0.15, 0.2) is 0 Å². The lowest BCUT2D eigenvalue weighted by molar-refractivity contribution is 0.258. The third kappa shape index (κ3) is 3.36. The van der Waals surface area contributed by atoms with Crippen molar-refractivity contribution < 1.29 is 0 Å². The first kappa shape index (κ1) is 11.7. The molecule has 0 aliphatic carbocycles. The maximum atomic E-state index is 3.68. The van der Waals surface area contributed by atoms with Gasteiger partial charge < -0.3 is 5.32 Å². The Morgan fingerprint density at radius 1 is 1.33 bits per heavy atom. The molecule has 2 fully saturated rings. The average molecular weight is 228 g/mol. The number of nitrogens with zero attached hydrogens (tertiary/aromatic N) is 1. The molecule has 2 heterocycles. The summed E-state index contributed by atoms with van der Waals surface area (Å²) in [5.41, 5.74) is 0. The van der Waals surface area contributed by atoms with E-state index in [9.17, 15) is 0 Å². The van der Waals surface area contributed by atoms with Gasteiger partial charge in [-0.25, -0.2) is 0 Å². The summed E-state index contributed by atoms with van der Waals surface area (Å²) in [5, 5.41) is 3.68. The summed E-state index contributed by atoms with van der Waals surface area (Å²) in [7, 11) is 0. The van der Waals surface area contributed by atoms with E-state index < -0.39 is 0 Å². The molecule has 2 atom stereocenters. The molecular weight excluding hydrogens is 204 g/mol. The van der Waals surface area contributed by atoms with Gasteiger partial charge >= 0.3 is 0 Å². The number of rotatable bonds is 5. The van der Waals surface area contributed by atoms with Gasteiger partial charge in [-0.3, -0.25) is 4.90 Å². The Morgan fingerprint density at radius 2 is 2.27 bits per heavy atom. The lowest BCUT2D eigenvalue weighted by atomic mass is 10.1. The zero-order valence-corrected chi connectivity index (χ0v) is 10.7. The normalized spacial score (nSPS) is 32.6. The van der Waals surface area contributed by atoms with Crippen LogP contribution < -0.4 is 5.32 Å². The van der Waals surface area contributed by atoms with Crippen molar-refractivity contribution in [1.82, 2.24) is 10.2 Å². The summed E-state index contributed by atoms with van der Waals surface area (Å²) >= 11 is 2.12. The van der Waals surface area contributed by atoms with E-state index in [1.165, 1.54) is 56.9 Å². The van der Waals surface area contributed by atoms with Crippen molar-refractivity contribution in [2.75, 3.05) is 37.7 Å². The number of hydrogen-bond donors (Lipinski definition) is 1. The third-order valence-electron chi connectivity index (χ3n) is 3.74. The lowest BCUT2D eigenvalue weighted by Crippen LogP contribution is -2.39. The molecule has 0 bridgehead atoms. The molecule has 0 amide bonds. The number of likely N-dealkylation sites (N-methyl/N-ethyl adjacent to an activating group) is 1. The SMILES string of the molecule is CCN1CCCC1CNCC1CCSC1. The van der Waals surface area contributed by atoms with Gasteiger partial charge in [0.2, 0.25) is 0 Å². The van der Waals surface area contributed by atoms with Crippen molar-refractivity contribution in [2.24, 2.45) is 5.92 Å². The zero-order valence-electron chi connectivity index (χ0n) is 9.87. The van der Waals surface area contributed by atoms with Crippen molar-refractivity contribution in [3.05, 3.63) is 0 Å². The van der Waals surface area contributed by atoms with Crippen LogP contribution in [0.1, 0.15) is 26.2 Å². The van der Waals surface area contributed by atoms with Crippen molar-refractivity contribution in [1.29, 1.82) is 0 Å². The van der Waals surface area contributed by atoms with E-state index in [2.05, 4.69) is 28.9 Å². The fourth-order valence-corrected chi connectivity index (χ4v) is 4.03. The van der Waals surface area contributed by atoms with Crippen LogP contribution in [0.15, 0.2) is 0 Å². The van der Waals surface area contributed by atoms with Crippen LogP contribution in [-0.4, -0.2) is 48.6 Å². The van der Waals surface area contributed by atoms with E-state index >= 15 is 0 Å². The number of thioether (sulfide) groups is 1. The van der Waals surface area contributed by atoms with Crippen LogP contribution in [0, 0.1) is 5.92 Å². The maximum absolute atomic E-state index is 3.68. The highest BCUT2D eigenvalue weighted by molar-refractivity contribution is 7.99. The second kappa shape index (κ2) is 6.12. The van der Waals surface area contributed by atoms with Gasteiger partial charge in [-0.15, -0.1) is 0 Å². The van der Waals surface area contributed by atoms with Crippen LogP contribution in [0.4, 0.5) is 0 Å². The Kier molecular flexibility index (Phi) is 4.79. The summed E-state index contributed by atoms with van der Waals surface area (Å²) in [4.78, 5) is 2.62. The van der Waals surface area contributed by atoms with Gasteiger partial charge in [-0.1, -0.05) is 6.92 Å². The van der Waals surface area contributed by atoms with Crippen LogP contribution in [0.3, 0.4) is 0 Å². The smallest absolute Gasteiger partial charge is 0.0220 e. The fraction of sp³-hybridized carbons (Fsp3) is 1.00. The fourth-order valence-electron chi connectivity index (χ4n) is 2.74. The van der Waals surface area contributed by atoms with E-state index in [1.54, 1.807) is 0 Å². The minimum absolute atomic E-state index is 0.823. The van der Waals surface area contributed by atoms with Gasteiger partial charge in [0.05, 0.1) is 0 Å². The Labute approximate surface area is 98.2 Å². The van der Waals surface area contributed by atoms with Crippen LogP contribution in [0.25, 0.3) is 0 Å². The zero-order chi connectivity index (χ0) is 10.5. The van der Waals surface area contributed by atoms with Gasteiger partial charge in [-0.05, 0) is 56.3 Å². The molecule has 2 aliphatic rings. The second-order valence-corrected chi connectivity index (χ2v) is 5.96. The quantitative estimate of drug-likeness (QED) is 0.773. The van der Waals surface area contributed by atoms with E-state index in [0.29, 0.717) is 0 Å². The van der Waals surface area contributed by atoms with Gasteiger partial charge in [0.25, 0.3) is 0 Å². The number of likely N-dealkylation sites (tertiary alicyclic amines) is 1. The molecule has 2 nitrogen and oxygen atoms in total. The van der Waals surface area contributed by atoms with Crippen LogP contribution in [0.2, 0.25) is 0 Å². The van der Waals surface area contributed by atoms with E-state index in [0.717, 1.165) is 12.0 Å². The summed E-state index contributed by atoms with van der Waals surface area (Å²) in [6, 6.07) is 0.823. The molecule has 2 saturated heterocycles. The molecule has 15 heavy (non-hydrogen) atoms. The lowest BCUT2D eigenvalue weighted by Gasteiger charge is -2.23. The summed E-state index contributed by atoms with van der Waals surface area (Å²) in [6.07, 6.45) is 4.24. The minimum Gasteiger partial charge on any atom is -0.315 e. The molecule has 2 unspecified atom stereocenters. The van der Waals surface area contributed by atoms with E-state index in [1.807, 2.05) is 0 Å². The Morgan fingerprint density at radius 3 is 3.00 bits per heavy atom. The third-order valence-corrected chi connectivity index (χ3v) is 4.97. The van der Waals surface area contributed by atoms with Crippen LogP contribution in [-0.2, 0) is 0 Å². The summed E-state index contributed by atoms with van der Waals surface area (Å²) in [5.74, 6) is 3.72. The van der Waals surface area contributed by atoms with Crippen molar-refractivity contribution in [2.45, 2.75) is 32.2 Å². The van der Waals surface area contributed by atoms with Crippen molar-refractivity contribution in [3.8, 4) is 0 Å². The standard InChI is InChI=1S/C12H24N2S/c1-2-14-6-3-4-12(14)9-13-8-11-5-7-15-10-11/h11-13H,2-10H2,1H3. The first-order valence-electron chi connectivity index (χ1n) is 6.42. The van der Waals surface area contributed by atoms with Crippen molar-refractivity contribution >= 4 is 11.8 Å². The topological polar surface area (TPSA) is 15.3 Å². The predicted octanol–water partition coefficient (Wildman–Crippen LogP) is 1.81. The van der Waals surface area contributed by atoms with Gasteiger partial charge in [0, 0.05) is 12.6 Å². The monoisotopic (exact) mass is 228 g/mol. The molecule has 2 aliphatic heterocycles. The van der Waals surface area contributed by atoms with Crippen molar-refractivity contribution in [3.63, 3.8) is 0 Å². The predicted molar refractivity (Wildman–Crippen MR) is 68.6 cm³/mol. The maximum Gasteiger partial charge on any atom is 0.0220 e. The highest BCUT2D eigenvalue weighted by Gasteiger charge is 2.23. The van der Waals surface area contributed by atoms with Crippen LogP contribution in [0.5, 0.6) is 0 Å². The van der Waals surface area contributed by atoms with Crippen LogP contribution >= 0.6 is 11.8 Å². The van der Waals surface area contributed by atoms with Gasteiger partial charge in [0.1, 0.15) is 0 Å². The first-order chi connectivity index (χ1) is 7.40. The molecule has 0 aromatic carbocycles. The first-order valence-corrected chi connectivity index (χ1v) is 7.58. The molecular formula is C12H24N2S. The Balaban J connectivity index is 1.60. The molecule has 3 heteroatoms. The molecule has 0 saturated carbocycles. The largest absolute Gasteiger partial charge is 0.315 e. The highest BCUT2D eigenvalue weighted by atomic mass is 32.2. The molecule has 0 aromatic rings. The molecule has 88 valence electrons. The number of hydrogen-bond acceptors (Lipinski definition) is 3. The summed E-state index contributed by atoms with van der Waals surface area (Å²) in [6.45, 7) is 7.30. The van der Waals surface area contributed by atoms with E-state index in [4.69, 9.17) is 0 Å². The minimum atomic E-state index is 0.823. The Hall–Kier alpha value is 0.270. The molecule has 1 N–H and O–H groups in total. The molecule has 0 radical (unpaired) electrons. The number of nitrogens with one attached hydrogen (secondary N) is 1. The molecule has 0 spiro atoms. The molecule has 2 rings (SSSR count). The summed E-state index contributed by atoms with van der Waals surface area (Å²) < 4.78 is 0.